The number of amides is 1. The number of anilines is 2. The van der Waals surface area contributed by atoms with Crippen molar-refractivity contribution in [1.82, 2.24) is 9.29 Å². The van der Waals surface area contributed by atoms with E-state index in [4.69, 9.17) is 10.5 Å². The fourth-order valence-electron chi connectivity index (χ4n) is 3.73. The van der Waals surface area contributed by atoms with Crippen LogP contribution in [0.2, 0.25) is 0 Å². The van der Waals surface area contributed by atoms with Crippen LogP contribution in [0, 0.1) is 21.1 Å². The molecule has 38 heavy (non-hydrogen) atoms. The van der Waals surface area contributed by atoms with Gasteiger partial charge in [-0.25, -0.2) is 17.2 Å². The number of nitrogens with zero attached hydrogens (tertiary/aromatic N) is 2. The molecule has 13 heteroatoms. The molecule has 1 aliphatic carbocycles. The molecule has 0 radical (unpaired) electrons. The van der Waals surface area contributed by atoms with Gasteiger partial charge in [0.05, 0.1) is 31.1 Å². The Morgan fingerprint density at radius 3 is 2.47 bits per heavy atom. The van der Waals surface area contributed by atoms with Gasteiger partial charge < -0.3 is 20.9 Å². The molecule has 1 fully saturated rings. The number of hydrogen-bond donors (Lipinski definition) is 3. The van der Waals surface area contributed by atoms with E-state index in [0.29, 0.717) is 11.4 Å². The SMILES string of the molecule is NC(=O)c1c(Nc2ccc(I)cc2)c(F)c(F)c(S(=O)(=O)N(CCO)Cc2ccccn2)c1OCC1CC1. The topological polar surface area (TPSA) is 135 Å². The first-order chi connectivity index (χ1) is 18.1. The largest absolute Gasteiger partial charge is 0.491 e. The van der Waals surface area contributed by atoms with Crippen molar-refractivity contribution in [3.63, 3.8) is 0 Å². The highest BCUT2D eigenvalue weighted by molar-refractivity contribution is 14.1. The van der Waals surface area contributed by atoms with Crippen LogP contribution in [0.5, 0.6) is 5.75 Å². The number of hydrogen-bond acceptors (Lipinski definition) is 7. The number of nitrogens with one attached hydrogen (secondary N) is 1. The zero-order valence-corrected chi connectivity index (χ0v) is 23.0. The smallest absolute Gasteiger partial charge is 0.254 e. The van der Waals surface area contributed by atoms with E-state index >= 15 is 8.78 Å². The summed E-state index contributed by atoms with van der Waals surface area (Å²) in [7, 11) is -4.87. The van der Waals surface area contributed by atoms with Crippen LogP contribution in [0.1, 0.15) is 28.9 Å². The third-order valence-electron chi connectivity index (χ3n) is 5.83. The van der Waals surface area contributed by atoms with Gasteiger partial charge in [-0.3, -0.25) is 9.78 Å². The zero-order valence-electron chi connectivity index (χ0n) is 20.0. The molecule has 9 nitrogen and oxygen atoms in total. The minimum Gasteiger partial charge on any atom is -0.491 e. The monoisotopic (exact) mass is 658 g/mol. The second-order valence-corrected chi connectivity index (χ2v) is 11.8. The summed E-state index contributed by atoms with van der Waals surface area (Å²) in [5.74, 6) is -5.17. The van der Waals surface area contributed by atoms with Gasteiger partial charge in [0.1, 0.15) is 5.56 Å². The molecule has 1 aliphatic rings. The number of carbonyl (C=O) groups is 1. The third-order valence-corrected chi connectivity index (χ3v) is 8.42. The molecule has 0 aliphatic heterocycles. The molecule has 3 aromatic rings. The Bertz CT molecular complexity index is 1420. The first-order valence-electron chi connectivity index (χ1n) is 11.6. The first-order valence-corrected chi connectivity index (χ1v) is 14.2. The Labute approximate surface area is 232 Å². The van der Waals surface area contributed by atoms with Gasteiger partial charge in [-0.05, 0) is 77.7 Å². The average Bonchev–Trinajstić information content (AvgIpc) is 3.71. The molecule has 1 saturated carbocycles. The molecule has 0 bridgehead atoms. The van der Waals surface area contributed by atoms with Crippen LogP contribution in [-0.4, -0.2) is 48.5 Å². The molecule has 0 unspecified atom stereocenters. The molecule has 1 heterocycles. The Kier molecular flexibility index (Phi) is 8.80. The minimum absolute atomic E-state index is 0.0168. The normalized spacial score (nSPS) is 13.5. The zero-order chi connectivity index (χ0) is 27.4. The maximum Gasteiger partial charge on any atom is 0.254 e. The second-order valence-electron chi connectivity index (χ2n) is 8.67. The summed E-state index contributed by atoms with van der Waals surface area (Å²) in [4.78, 5) is 15.5. The predicted molar refractivity (Wildman–Crippen MR) is 144 cm³/mol. The van der Waals surface area contributed by atoms with Gasteiger partial charge in [0.15, 0.2) is 22.3 Å². The number of halogens is 3. The van der Waals surface area contributed by atoms with Crippen LogP contribution in [0.4, 0.5) is 20.2 Å². The maximum absolute atomic E-state index is 15.8. The van der Waals surface area contributed by atoms with Crippen molar-refractivity contribution in [3.8, 4) is 5.75 Å². The quantitative estimate of drug-likeness (QED) is 0.252. The van der Waals surface area contributed by atoms with Crippen LogP contribution in [0.25, 0.3) is 0 Å². The standard InChI is InChI=1S/C25H25F2IN4O5S/c26-20-21(27)24(38(35,36)32(11-12-33)13-18-3-1-2-10-30-18)23(37-14-15-4-5-15)19(25(29)34)22(20)31-17-8-6-16(28)7-9-17/h1-3,6-10,15,31,33H,4-5,11-14H2,(H2,29,34). The van der Waals surface area contributed by atoms with E-state index in [1.807, 2.05) is 0 Å². The van der Waals surface area contributed by atoms with Gasteiger partial charge in [-0.1, -0.05) is 6.07 Å². The van der Waals surface area contributed by atoms with Crippen molar-refractivity contribution >= 4 is 49.9 Å². The number of aliphatic hydroxyl groups is 1. The van der Waals surface area contributed by atoms with E-state index in [9.17, 15) is 18.3 Å². The number of sulfonamides is 1. The highest BCUT2D eigenvalue weighted by Crippen LogP contribution is 2.42. The molecule has 2 aromatic carbocycles. The Morgan fingerprint density at radius 1 is 1.18 bits per heavy atom. The Balaban J connectivity index is 1.90. The molecule has 1 aromatic heterocycles. The van der Waals surface area contributed by atoms with E-state index in [-0.39, 0.29) is 19.1 Å². The number of nitrogens with two attached hydrogens (primary N) is 1. The van der Waals surface area contributed by atoms with Gasteiger partial charge in [-0.2, -0.15) is 4.31 Å². The van der Waals surface area contributed by atoms with Crippen molar-refractivity contribution in [1.29, 1.82) is 0 Å². The lowest BCUT2D eigenvalue weighted by atomic mass is 10.1. The molecular weight excluding hydrogens is 633 g/mol. The fraction of sp³-hybridized carbons (Fsp3) is 0.280. The summed E-state index contributed by atoms with van der Waals surface area (Å²) < 4.78 is 66.3. The van der Waals surface area contributed by atoms with Crippen molar-refractivity contribution in [2.24, 2.45) is 11.7 Å². The molecule has 0 atom stereocenters. The summed E-state index contributed by atoms with van der Waals surface area (Å²) >= 11 is 2.07. The Morgan fingerprint density at radius 2 is 1.89 bits per heavy atom. The number of primary amides is 1. The number of benzene rings is 2. The summed E-state index contributed by atoms with van der Waals surface area (Å²) in [6.45, 7) is -1.42. The van der Waals surface area contributed by atoms with Crippen molar-refractivity contribution in [2.75, 3.05) is 25.1 Å². The van der Waals surface area contributed by atoms with Gasteiger partial charge in [0.25, 0.3) is 5.91 Å². The van der Waals surface area contributed by atoms with Gasteiger partial charge in [0, 0.05) is 22.0 Å². The predicted octanol–water partition coefficient (Wildman–Crippen LogP) is 3.78. The highest BCUT2D eigenvalue weighted by Gasteiger charge is 2.39. The van der Waals surface area contributed by atoms with E-state index in [2.05, 4.69) is 32.9 Å². The lowest BCUT2D eigenvalue weighted by Crippen LogP contribution is -2.35. The molecular formula is C25H25F2IN4O5S. The van der Waals surface area contributed by atoms with Crippen LogP contribution in [0.3, 0.4) is 0 Å². The third kappa shape index (κ3) is 6.22. The fourth-order valence-corrected chi connectivity index (χ4v) is 5.68. The number of carbonyl (C=O) groups excluding carboxylic acids is 1. The van der Waals surface area contributed by atoms with Crippen molar-refractivity contribution in [3.05, 3.63) is 75.1 Å². The summed E-state index contributed by atoms with van der Waals surface area (Å²) in [5.41, 5.74) is 4.94. The highest BCUT2D eigenvalue weighted by atomic mass is 127. The van der Waals surface area contributed by atoms with E-state index in [0.717, 1.165) is 20.7 Å². The number of rotatable bonds is 12. The summed E-state index contributed by atoms with van der Waals surface area (Å²) in [5, 5.41) is 12.2. The Hall–Kier alpha value is -2.88. The van der Waals surface area contributed by atoms with Gasteiger partial charge in [0.2, 0.25) is 10.0 Å². The average molecular weight is 658 g/mol. The molecule has 0 spiro atoms. The minimum atomic E-state index is -4.87. The van der Waals surface area contributed by atoms with Crippen LogP contribution < -0.4 is 15.8 Å². The molecule has 0 saturated heterocycles. The molecule has 202 valence electrons. The first kappa shape index (κ1) is 28.1. The van der Waals surface area contributed by atoms with Crippen molar-refractivity contribution in [2.45, 2.75) is 24.3 Å². The van der Waals surface area contributed by atoms with E-state index in [1.54, 1.807) is 42.5 Å². The lowest BCUT2D eigenvalue weighted by molar-refractivity contribution is 0.0995. The van der Waals surface area contributed by atoms with Gasteiger partial charge in [-0.15, -0.1) is 0 Å². The summed E-state index contributed by atoms with van der Waals surface area (Å²) in [6, 6.07) is 11.4. The maximum atomic E-state index is 15.8. The number of aromatic nitrogens is 1. The molecule has 1 amide bonds. The molecule has 4 rings (SSSR count). The number of aliphatic hydroxyl groups excluding tert-OH is 1. The van der Waals surface area contributed by atoms with Crippen molar-refractivity contribution < 1.29 is 31.8 Å². The summed E-state index contributed by atoms with van der Waals surface area (Å²) in [6.07, 6.45) is 3.06. The molecule has 4 N–H and O–H groups in total. The van der Waals surface area contributed by atoms with E-state index in [1.165, 1.54) is 6.20 Å². The van der Waals surface area contributed by atoms with Gasteiger partial charge >= 0.3 is 0 Å². The van der Waals surface area contributed by atoms with Crippen LogP contribution >= 0.6 is 22.6 Å². The number of ether oxygens (including phenoxy) is 1. The van der Waals surface area contributed by atoms with Crippen LogP contribution in [0.15, 0.2) is 53.6 Å². The van der Waals surface area contributed by atoms with E-state index < -0.39 is 62.6 Å². The lowest BCUT2D eigenvalue weighted by Gasteiger charge is -2.25. The number of pyridine rings is 1. The second kappa shape index (κ2) is 11.9. The van der Waals surface area contributed by atoms with Crippen LogP contribution in [-0.2, 0) is 16.6 Å².